The molecule has 2 N–H and O–H groups in total. The molecule has 0 radical (unpaired) electrons. The smallest absolute Gasteiger partial charge is 0.394 e. The van der Waals surface area contributed by atoms with Gasteiger partial charge in [0.05, 0.1) is 40.3 Å². The number of ether oxygens (including phenoxy) is 1. The summed E-state index contributed by atoms with van der Waals surface area (Å²) in [7, 11) is 0. The van der Waals surface area contributed by atoms with Crippen LogP contribution in [0.1, 0.15) is 11.4 Å². The first-order valence-corrected chi connectivity index (χ1v) is 10.5. The number of aliphatic hydroxyl groups excluding tert-OH is 2. The number of aliphatic hydroxyl groups is 2. The molecule has 8 nitrogen and oxygen atoms in total. The van der Waals surface area contributed by atoms with Gasteiger partial charge in [-0.2, -0.15) is 18.2 Å². The van der Waals surface area contributed by atoms with Crippen molar-refractivity contribution in [2.75, 3.05) is 13.2 Å². The zero-order valence-electron chi connectivity index (χ0n) is 16.3. The standard InChI is InChI=1S/C19H14Cl3F3N4O4/c20-11-3-15(32-7-9(31)6-30)12(21)2-10(11)16-27-18(33-28-16)14-5-29-4-8(19(23,24)25)1-13(22)17(29)26-14/h1-5,9,12,15,30-31H,6-7H2. The number of alkyl halides is 4. The fourth-order valence-electron chi connectivity index (χ4n) is 3.01. The van der Waals surface area contributed by atoms with E-state index < -0.39 is 35.9 Å². The monoisotopic (exact) mass is 524 g/mol. The molecule has 0 fully saturated rings. The molecule has 176 valence electrons. The minimum atomic E-state index is -4.58. The first kappa shape index (κ1) is 24.0. The summed E-state index contributed by atoms with van der Waals surface area (Å²) < 4.78 is 50.9. The van der Waals surface area contributed by atoms with Crippen LogP contribution >= 0.6 is 34.8 Å². The molecule has 0 saturated heterocycles. The van der Waals surface area contributed by atoms with Crippen LogP contribution in [0.2, 0.25) is 5.02 Å². The van der Waals surface area contributed by atoms with E-state index in [-0.39, 0.29) is 39.7 Å². The lowest BCUT2D eigenvalue weighted by Crippen LogP contribution is -2.29. The van der Waals surface area contributed by atoms with E-state index in [0.717, 1.165) is 16.7 Å². The first-order chi connectivity index (χ1) is 15.6. The Hall–Kier alpha value is -2.15. The summed E-state index contributed by atoms with van der Waals surface area (Å²) >= 11 is 18.6. The number of hydrogen-bond acceptors (Lipinski definition) is 7. The first-order valence-electron chi connectivity index (χ1n) is 9.31. The SMILES string of the molecule is OCC(O)COC1C=C(Cl)C(c2noc(-c3cn4cc(C(F)(F)F)cc(Cl)c4n3)n2)=CC1Cl. The molecule has 3 atom stereocenters. The van der Waals surface area contributed by atoms with Crippen molar-refractivity contribution in [3.8, 4) is 11.6 Å². The van der Waals surface area contributed by atoms with Crippen molar-refractivity contribution in [3.05, 3.63) is 52.1 Å². The highest BCUT2D eigenvalue weighted by atomic mass is 35.5. The van der Waals surface area contributed by atoms with Crippen LogP contribution in [0.3, 0.4) is 0 Å². The topological polar surface area (TPSA) is 106 Å². The maximum Gasteiger partial charge on any atom is 0.417 e. The number of hydrogen-bond donors (Lipinski definition) is 2. The predicted octanol–water partition coefficient (Wildman–Crippen LogP) is 3.92. The van der Waals surface area contributed by atoms with Crippen molar-refractivity contribution in [2.45, 2.75) is 23.8 Å². The molecule has 14 heteroatoms. The molecular formula is C19H14Cl3F3N4O4. The molecule has 3 aromatic heterocycles. The van der Waals surface area contributed by atoms with E-state index in [1.807, 2.05) is 0 Å². The molecule has 3 aromatic rings. The third-order valence-corrected chi connectivity index (χ3v) is 5.60. The Morgan fingerprint density at radius 2 is 1.97 bits per heavy atom. The summed E-state index contributed by atoms with van der Waals surface area (Å²) in [6.45, 7) is -0.608. The fraction of sp³-hybridized carbons (Fsp3) is 0.316. The van der Waals surface area contributed by atoms with Crippen molar-refractivity contribution in [3.63, 3.8) is 0 Å². The van der Waals surface area contributed by atoms with Gasteiger partial charge in [0.15, 0.2) is 5.65 Å². The van der Waals surface area contributed by atoms with Crippen molar-refractivity contribution in [2.24, 2.45) is 0 Å². The van der Waals surface area contributed by atoms with Crippen LogP contribution in [-0.2, 0) is 10.9 Å². The molecule has 0 bridgehead atoms. The number of rotatable bonds is 6. The Balaban J connectivity index is 1.59. The zero-order valence-corrected chi connectivity index (χ0v) is 18.6. The van der Waals surface area contributed by atoms with E-state index in [2.05, 4.69) is 15.1 Å². The van der Waals surface area contributed by atoms with Crippen molar-refractivity contribution >= 4 is 46.0 Å². The molecule has 4 rings (SSSR count). The lowest BCUT2D eigenvalue weighted by atomic mass is 10.0. The molecule has 0 spiro atoms. The molecule has 0 amide bonds. The highest BCUT2D eigenvalue weighted by Gasteiger charge is 2.32. The molecule has 0 aromatic carbocycles. The molecule has 0 saturated carbocycles. The average molecular weight is 526 g/mol. The van der Waals surface area contributed by atoms with Crippen molar-refractivity contribution in [1.82, 2.24) is 19.5 Å². The van der Waals surface area contributed by atoms with E-state index >= 15 is 0 Å². The van der Waals surface area contributed by atoms with Gasteiger partial charge in [0.1, 0.15) is 11.8 Å². The third-order valence-electron chi connectivity index (χ3n) is 4.62. The Labute approximate surface area is 198 Å². The maximum atomic E-state index is 13.0. The van der Waals surface area contributed by atoms with Gasteiger partial charge in [-0.3, -0.25) is 0 Å². The molecule has 1 aliphatic carbocycles. The number of pyridine rings is 1. The van der Waals surface area contributed by atoms with Crippen LogP contribution in [0.4, 0.5) is 13.2 Å². The van der Waals surface area contributed by atoms with Gasteiger partial charge in [0.25, 0.3) is 5.89 Å². The van der Waals surface area contributed by atoms with Gasteiger partial charge in [-0.25, -0.2) is 4.98 Å². The minimum Gasteiger partial charge on any atom is -0.394 e. The molecule has 3 heterocycles. The number of aromatic nitrogens is 4. The highest BCUT2D eigenvalue weighted by molar-refractivity contribution is 6.37. The molecule has 33 heavy (non-hydrogen) atoms. The largest absolute Gasteiger partial charge is 0.417 e. The number of imidazole rings is 1. The summed E-state index contributed by atoms with van der Waals surface area (Å²) in [4.78, 5) is 8.38. The van der Waals surface area contributed by atoms with Gasteiger partial charge < -0.3 is 23.9 Å². The van der Waals surface area contributed by atoms with E-state index in [1.165, 1.54) is 18.3 Å². The van der Waals surface area contributed by atoms with E-state index in [0.29, 0.717) is 5.57 Å². The Morgan fingerprint density at radius 1 is 1.21 bits per heavy atom. The molecule has 1 aliphatic rings. The van der Waals surface area contributed by atoms with Crippen LogP contribution in [0, 0.1) is 0 Å². The highest BCUT2D eigenvalue weighted by Crippen LogP contribution is 2.35. The predicted molar refractivity (Wildman–Crippen MR) is 113 cm³/mol. The number of nitrogens with zero attached hydrogens (tertiary/aromatic N) is 4. The quantitative estimate of drug-likeness (QED) is 0.470. The normalized spacial score (nSPS) is 20.1. The van der Waals surface area contributed by atoms with Gasteiger partial charge in [-0.05, 0) is 12.1 Å². The fourth-order valence-corrected chi connectivity index (χ4v) is 3.81. The molecule has 3 unspecified atom stereocenters. The second-order valence-corrected chi connectivity index (χ2v) is 8.35. The van der Waals surface area contributed by atoms with E-state index in [9.17, 15) is 18.3 Å². The van der Waals surface area contributed by atoms with Crippen LogP contribution in [0.5, 0.6) is 0 Å². The second-order valence-electron chi connectivity index (χ2n) is 7.03. The Kier molecular flexibility index (Phi) is 6.72. The summed E-state index contributed by atoms with van der Waals surface area (Å²) in [5, 5.41) is 21.5. The van der Waals surface area contributed by atoms with Gasteiger partial charge in [-0.15, -0.1) is 11.6 Å². The lowest BCUT2D eigenvalue weighted by molar-refractivity contribution is -0.137. The average Bonchev–Trinajstić information content (AvgIpc) is 3.40. The van der Waals surface area contributed by atoms with Gasteiger partial charge in [0.2, 0.25) is 5.82 Å². The van der Waals surface area contributed by atoms with E-state index in [1.54, 1.807) is 0 Å². The molecule has 0 aliphatic heterocycles. The molecular weight excluding hydrogens is 512 g/mol. The second kappa shape index (κ2) is 9.24. The minimum absolute atomic E-state index is 0.0701. The Bertz CT molecular complexity index is 1240. The maximum absolute atomic E-state index is 13.0. The summed E-state index contributed by atoms with van der Waals surface area (Å²) in [5.74, 6) is 0.00383. The third kappa shape index (κ3) is 5.03. The van der Waals surface area contributed by atoms with Crippen molar-refractivity contribution in [1.29, 1.82) is 0 Å². The van der Waals surface area contributed by atoms with Crippen LogP contribution in [0.25, 0.3) is 22.8 Å². The van der Waals surface area contributed by atoms with Crippen LogP contribution < -0.4 is 0 Å². The van der Waals surface area contributed by atoms with Gasteiger partial charge >= 0.3 is 6.18 Å². The number of fused-ring (bicyclic) bond motifs is 1. The summed E-state index contributed by atoms with van der Waals surface area (Å²) in [6, 6.07) is 0.781. The Morgan fingerprint density at radius 3 is 2.67 bits per heavy atom. The van der Waals surface area contributed by atoms with Crippen LogP contribution in [0.15, 0.2) is 40.2 Å². The summed E-state index contributed by atoms with van der Waals surface area (Å²) in [5.41, 5.74) is -0.403. The van der Waals surface area contributed by atoms with Crippen LogP contribution in [-0.4, -0.2) is 60.5 Å². The van der Waals surface area contributed by atoms with Gasteiger partial charge in [0, 0.05) is 18.0 Å². The number of allylic oxidation sites excluding steroid dienone is 2. The zero-order chi connectivity index (χ0) is 23.9. The van der Waals surface area contributed by atoms with Gasteiger partial charge in [-0.1, -0.05) is 34.4 Å². The summed E-state index contributed by atoms with van der Waals surface area (Å²) in [6.07, 6.45) is -1.14. The van der Waals surface area contributed by atoms with Crippen molar-refractivity contribution < 1.29 is 32.6 Å². The number of halogens is 6. The lowest BCUT2D eigenvalue weighted by Gasteiger charge is -2.23. The van der Waals surface area contributed by atoms with E-state index in [4.69, 9.17) is 49.2 Å².